The van der Waals surface area contributed by atoms with E-state index in [2.05, 4.69) is 0 Å². The van der Waals surface area contributed by atoms with Crippen molar-refractivity contribution in [3.63, 3.8) is 0 Å². The fourth-order valence-corrected chi connectivity index (χ4v) is 0.914. The highest BCUT2D eigenvalue weighted by atomic mass is 31.0. The van der Waals surface area contributed by atoms with Gasteiger partial charge in [-0.25, -0.2) is 4.39 Å². The van der Waals surface area contributed by atoms with E-state index in [1.54, 1.807) is 6.08 Å². The second-order valence-electron chi connectivity index (χ2n) is 2.90. The van der Waals surface area contributed by atoms with Gasteiger partial charge in [-0.3, -0.25) is 0 Å². The molecule has 0 aliphatic heterocycles. The molecule has 0 spiro atoms. The summed E-state index contributed by atoms with van der Waals surface area (Å²) in [5, 5.41) is 0. The lowest BCUT2D eigenvalue weighted by molar-refractivity contribution is 0.525. The van der Waals surface area contributed by atoms with Gasteiger partial charge in [-0.1, -0.05) is 30.0 Å². The molecule has 0 nitrogen and oxygen atoms in total. The lowest BCUT2D eigenvalue weighted by atomic mass is 9.98. The zero-order valence-corrected chi connectivity index (χ0v) is 6.69. The fraction of sp³-hybridized carbons (Fsp3) is 0.667. The van der Waals surface area contributed by atoms with Crippen LogP contribution in [0.3, 0.4) is 0 Å². The Bertz CT molecular complexity index is 95.6. The highest BCUT2D eigenvalue weighted by Crippen LogP contribution is 2.20. The van der Waals surface area contributed by atoms with Gasteiger partial charge in [0.15, 0.2) is 0 Å². The van der Waals surface area contributed by atoms with E-state index < -0.39 is 0 Å². The molecule has 0 N–H and O–H groups in total. The predicted octanol–water partition coefficient (Wildman–Crippen LogP) is 2.72. The minimum absolute atomic E-state index is 0.0359. The van der Waals surface area contributed by atoms with E-state index >= 15 is 0 Å². The summed E-state index contributed by atoms with van der Waals surface area (Å²) >= 11 is 0. The van der Waals surface area contributed by atoms with Gasteiger partial charge in [0.05, 0.1) is 0 Å². The van der Waals surface area contributed by atoms with Crippen molar-refractivity contribution in [3.8, 4) is 0 Å². The maximum absolute atomic E-state index is 12.0. The molecule has 8 heavy (non-hydrogen) atoms. The van der Waals surface area contributed by atoms with Gasteiger partial charge in [0, 0.05) is 0 Å². The Kier molecular flexibility index (Phi) is 2.62. The highest BCUT2D eigenvalue weighted by Gasteiger charge is 2.04. The molecule has 0 aromatic rings. The van der Waals surface area contributed by atoms with Crippen LogP contribution in [0.4, 0.5) is 4.39 Å². The van der Waals surface area contributed by atoms with Crippen LogP contribution in [-0.4, -0.2) is 0 Å². The van der Waals surface area contributed by atoms with Crippen molar-refractivity contribution >= 4 is 9.24 Å². The van der Waals surface area contributed by atoms with E-state index in [9.17, 15) is 4.39 Å². The average molecular weight is 134 g/mol. The number of halogens is 1. The van der Waals surface area contributed by atoms with Crippen LogP contribution in [0.25, 0.3) is 0 Å². The molecule has 0 saturated heterocycles. The minimum Gasteiger partial charge on any atom is -0.208 e. The van der Waals surface area contributed by atoms with Crippen molar-refractivity contribution in [2.24, 2.45) is 5.41 Å². The monoisotopic (exact) mass is 134 g/mol. The Morgan fingerprint density at radius 3 is 1.88 bits per heavy atom. The maximum atomic E-state index is 12.0. The molecule has 1 unspecified atom stereocenters. The summed E-state index contributed by atoms with van der Waals surface area (Å²) in [6.07, 6.45) is 1.57. The summed E-state index contributed by atoms with van der Waals surface area (Å²) < 4.78 is 12.0. The van der Waals surface area contributed by atoms with E-state index in [1.807, 2.05) is 30.0 Å². The largest absolute Gasteiger partial charge is 0.208 e. The first-order chi connectivity index (χ1) is 3.42. The Hall–Kier alpha value is 0.100. The molecular weight excluding hydrogens is 122 g/mol. The van der Waals surface area contributed by atoms with Crippen LogP contribution in [0.5, 0.6) is 0 Å². The van der Waals surface area contributed by atoms with Crippen LogP contribution >= 0.6 is 9.24 Å². The molecule has 0 aromatic carbocycles. The summed E-state index contributed by atoms with van der Waals surface area (Å²) in [5.41, 5.74) is -0.219. The van der Waals surface area contributed by atoms with Crippen molar-refractivity contribution in [2.75, 3.05) is 0 Å². The number of allylic oxidation sites excluding steroid dienone is 1. The molecular formula is C6H12FP. The van der Waals surface area contributed by atoms with Gasteiger partial charge in [-0.2, -0.15) is 0 Å². The third kappa shape index (κ3) is 6.10. The van der Waals surface area contributed by atoms with Gasteiger partial charge in [0.25, 0.3) is 0 Å². The van der Waals surface area contributed by atoms with Gasteiger partial charge < -0.3 is 0 Å². The van der Waals surface area contributed by atoms with Gasteiger partial charge in [-0.15, -0.1) is 0 Å². The number of rotatable bonds is 0. The van der Waals surface area contributed by atoms with Crippen LogP contribution < -0.4 is 0 Å². The SMILES string of the molecule is CC(C)(C)/C=C(/F)P. The van der Waals surface area contributed by atoms with Crippen LogP contribution in [0.2, 0.25) is 0 Å². The summed E-state index contributed by atoms with van der Waals surface area (Å²) in [7, 11) is 2.02. The Morgan fingerprint density at radius 2 is 1.88 bits per heavy atom. The first kappa shape index (κ1) is 8.10. The van der Waals surface area contributed by atoms with E-state index in [-0.39, 0.29) is 11.0 Å². The number of hydrogen-bond acceptors (Lipinski definition) is 0. The second-order valence-corrected chi connectivity index (χ2v) is 3.45. The molecule has 0 fully saturated rings. The van der Waals surface area contributed by atoms with Gasteiger partial charge in [-0.05, 0) is 11.5 Å². The third-order valence-electron chi connectivity index (χ3n) is 0.571. The van der Waals surface area contributed by atoms with Gasteiger partial charge in [0.1, 0.15) is 5.57 Å². The molecule has 2 heteroatoms. The van der Waals surface area contributed by atoms with Crippen molar-refractivity contribution in [3.05, 3.63) is 11.6 Å². The zero-order valence-electron chi connectivity index (χ0n) is 5.53. The van der Waals surface area contributed by atoms with Crippen molar-refractivity contribution in [2.45, 2.75) is 20.8 Å². The fourth-order valence-electron chi connectivity index (χ4n) is 0.414. The van der Waals surface area contributed by atoms with Crippen LogP contribution in [0.15, 0.2) is 11.6 Å². The molecule has 0 saturated carbocycles. The zero-order chi connectivity index (χ0) is 6.78. The van der Waals surface area contributed by atoms with Crippen LogP contribution in [0, 0.1) is 5.41 Å². The molecule has 1 atom stereocenters. The first-order valence-corrected chi connectivity index (χ1v) is 3.13. The summed E-state index contributed by atoms with van der Waals surface area (Å²) in [5.74, 6) is 0. The maximum Gasteiger partial charge on any atom is 0.112 e. The minimum atomic E-state index is -0.183. The summed E-state index contributed by atoms with van der Waals surface area (Å²) in [4.78, 5) is 0. The van der Waals surface area contributed by atoms with E-state index in [4.69, 9.17) is 0 Å². The van der Waals surface area contributed by atoms with Crippen molar-refractivity contribution < 1.29 is 4.39 Å². The quantitative estimate of drug-likeness (QED) is 0.447. The molecule has 0 radical (unpaired) electrons. The first-order valence-electron chi connectivity index (χ1n) is 2.56. The topological polar surface area (TPSA) is 0 Å². The predicted molar refractivity (Wildman–Crippen MR) is 38.4 cm³/mol. The molecule has 0 aliphatic rings. The van der Waals surface area contributed by atoms with Crippen molar-refractivity contribution in [1.82, 2.24) is 0 Å². The summed E-state index contributed by atoms with van der Waals surface area (Å²) in [6.45, 7) is 5.86. The lowest BCUT2D eigenvalue weighted by Gasteiger charge is -2.10. The smallest absolute Gasteiger partial charge is 0.112 e. The normalized spacial score (nSPS) is 14.4. The Labute approximate surface area is 52.4 Å². The van der Waals surface area contributed by atoms with Crippen molar-refractivity contribution in [1.29, 1.82) is 0 Å². The molecule has 0 bridgehead atoms. The standard InChI is InChI=1S/C6H12FP/c1-6(2,3)4-5(7)8/h4H,8H2,1-3H3/b5-4-. The highest BCUT2D eigenvalue weighted by molar-refractivity contribution is 7.21. The third-order valence-corrected chi connectivity index (χ3v) is 0.738. The Balaban J connectivity index is 3.89. The molecule has 0 rings (SSSR count). The second kappa shape index (κ2) is 2.59. The van der Waals surface area contributed by atoms with Crippen LogP contribution in [-0.2, 0) is 0 Å². The van der Waals surface area contributed by atoms with Gasteiger partial charge >= 0.3 is 0 Å². The van der Waals surface area contributed by atoms with Crippen LogP contribution in [0.1, 0.15) is 20.8 Å². The molecule has 0 heterocycles. The average Bonchev–Trinajstić information content (AvgIpc) is 1.21. The van der Waals surface area contributed by atoms with E-state index in [0.29, 0.717) is 0 Å². The molecule has 0 aliphatic carbocycles. The van der Waals surface area contributed by atoms with Gasteiger partial charge in [0.2, 0.25) is 0 Å². The molecule has 0 amide bonds. The molecule has 0 aromatic heterocycles. The van der Waals surface area contributed by atoms with E-state index in [0.717, 1.165) is 0 Å². The molecule has 48 valence electrons. The Morgan fingerprint density at radius 1 is 1.50 bits per heavy atom. The number of hydrogen-bond donors (Lipinski definition) is 0. The van der Waals surface area contributed by atoms with E-state index in [1.165, 1.54) is 0 Å². The summed E-state index contributed by atoms with van der Waals surface area (Å²) in [6, 6.07) is 0. The lowest BCUT2D eigenvalue weighted by Crippen LogP contribution is -1.98.